The zero-order chi connectivity index (χ0) is 18.2. The molecule has 0 aromatic heterocycles. The van der Waals surface area contributed by atoms with Crippen molar-refractivity contribution in [2.45, 2.75) is 20.3 Å². The molecule has 2 N–H and O–H groups in total. The maximum Gasteiger partial charge on any atom is 0.239 e. The molecule has 1 saturated heterocycles. The van der Waals surface area contributed by atoms with Crippen molar-refractivity contribution < 1.29 is 4.79 Å². The quantitative estimate of drug-likeness (QED) is 0.617. The molecule has 1 aromatic rings. The molecule has 1 aromatic carbocycles. The van der Waals surface area contributed by atoms with Gasteiger partial charge >= 0.3 is 0 Å². The number of aryl methyl sites for hydroxylation is 1. The highest BCUT2D eigenvalue weighted by Gasteiger charge is 2.21. The Morgan fingerprint density at radius 1 is 1.24 bits per heavy atom. The summed E-state index contributed by atoms with van der Waals surface area (Å²) in [6.45, 7) is 8.58. The Bertz CT molecular complexity index is 611. The minimum absolute atomic E-state index is 0.00353. The fourth-order valence-corrected chi connectivity index (χ4v) is 3.07. The number of nitrogens with zero attached hydrogens (tertiary/aromatic N) is 3. The van der Waals surface area contributed by atoms with Gasteiger partial charge in [-0.3, -0.25) is 9.79 Å². The maximum absolute atomic E-state index is 11.7. The van der Waals surface area contributed by atoms with E-state index in [2.05, 4.69) is 38.4 Å². The molecule has 0 bridgehead atoms. The predicted octanol–water partition coefficient (Wildman–Crippen LogP) is 1.87. The third-order valence-corrected chi connectivity index (χ3v) is 4.52. The van der Waals surface area contributed by atoms with Gasteiger partial charge in [-0.15, -0.1) is 0 Å². The molecule has 1 heterocycles. The first-order chi connectivity index (χ1) is 12.0. The number of hydrogen-bond donors (Lipinski definition) is 2. The van der Waals surface area contributed by atoms with Crippen LogP contribution in [-0.2, 0) is 4.79 Å². The van der Waals surface area contributed by atoms with Gasteiger partial charge in [0, 0.05) is 50.5 Å². The number of rotatable bonds is 5. The summed E-state index contributed by atoms with van der Waals surface area (Å²) in [5, 5.41) is 6.77. The Morgan fingerprint density at radius 3 is 2.60 bits per heavy atom. The first-order valence-corrected chi connectivity index (χ1v) is 9.16. The molecule has 0 radical (unpaired) electrons. The zero-order valence-corrected chi connectivity index (χ0v) is 16.1. The highest BCUT2D eigenvalue weighted by molar-refractivity contribution is 6.30. The second-order valence-electron chi connectivity index (χ2n) is 6.16. The molecule has 0 unspecified atom stereocenters. The number of aliphatic imine (C=N–C) groups is 1. The van der Waals surface area contributed by atoms with Gasteiger partial charge in [0.2, 0.25) is 5.91 Å². The van der Waals surface area contributed by atoms with Crippen LogP contribution in [0.1, 0.15) is 18.9 Å². The lowest BCUT2D eigenvalue weighted by molar-refractivity contribution is -0.120. The number of nitrogens with one attached hydrogen (secondary N) is 2. The molecule has 0 saturated carbocycles. The van der Waals surface area contributed by atoms with E-state index in [1.54, 1.807) is 7.05 Å². The highest BCUT2D eigenvalue weighted by atomic mass is 35.5. The first-order valence-electron chi connectivity index (χ1n) is 8.78. The van der Waals surface area contributed by atoms with Crippen LogP contribution < -0.4 is 15.5 Å². The number of hydrogen-bond acceptors (Lipinski definition) is 3. The summed E-state index contributed by atoms with van der Waals surface area (Å²) in [4.78, 5) is 20.6. The number of guanidine groups is 1. The summed E-state index contributed by atoms with van der Waals surface area (Å²) >= 11 is 6.14. The summed E-state index contributed by atoms with van der Waals surface area (Å²) in [5.41, 5.74) is 2.42. The van der Waals surface area contributed by atoms with Gasteiger partial charge in [-0.25, -0.2) is 0 Å². The van der Waals surface area contributed by atoms with Crippen LogP contribution in [0, 0.1) is 6.92 Å². The van der Waals surface area contributed by atoms with E-state index in [0.29, 0.717) is 6.54 Å². The van der Waals surface area contributed by atoms with Gasteiger partial charge in [0.15, 0.2) is 5.96 Å². The van der Waals surface area contributed by atoms with Crippen molar-refractivity contribution in [3.63, 3.8) is 0 Å². The van der Waals surface area contributed by atoms with E-state index in [-0.39, 0.29) is 12.5 Å². The fraction of sp³-hybridized carbons (Fsp3) is 0.556. The molecular weight excluding hydrogens is 338 g/mol. The van der Waals surface area contributed by atoms with Gasteiger partial charge in [0.05, 0.1) is 6.54 Å². The largest absolute Gasteiger partial charge is 0.368 e. The second-order valence-corrected chi connectivity index (χ2v) is 6.59. The molecule has 0 atom stereocenters. The predicted molar refractivity (Wildman–Crippen MR) is 105 cm³/mol. The molecule has 1 fully saturated rings. The standard InChI is InChI=1S/C18H28ClN5O/c1-4-7-21-17(25)13-22-18(20-3)24-10-8-23(9-11-24)16-12-15(19)6-5-14(16)2/h5-6,12H,4,7-11,13H2,1-3H3,(H,20,22)(H,21,25). The monoisotopic (exact) mass is 365 g/mol. The summed E-state index contributed by atoms with van der Waals surface area (Å²) in [7, 11) is 1.75. The van der Waals surface area contributed by atoms with Crippen LogP contribution in [0.4, 0.5) is 5.69 Å². The number of piperazine rings is 1. The lowest BCUT2D eigenvalue weighted by Gasteiger charge is -2.38. The van der Waals surface area contributed by atoms with Crippen LogP contribution in [0.25, 0.3) is 0 Å². The number of amides is 1. The van der Waals surface area contributed by atoms with Gasteiger partial charge in [0.1, 0.15) is 0 Å². The van der Waals surface area contributed by atoms with Crippen molar-refractivity contribution in [1.82, 2.24) is 15.5 Å². The van der Waals surface area contributed by atoms with Crippen molar-refractivity contribution in [1.29, 1.82) is 0 Å². The maximum atomic E-state index is 11.7. The van der Waals surface area contributed by atoms with Crippen molar-refractivity contribution >= 4 is 29.2 Å². The van der Waals surface area contributed by atoms with E-state index < -0.39 is 0 Å². The Morgan fingerprint density at radius 2 is 1.96 bits per heavy atom. The average Bonchev–Trinajstić information content (AvgIpc) is 2.63. The third-order valence-electron chi connectivity index (χ3n) is 4.28. The van der Waals surface area contributed by atoms with Crippen LogP contribution in [0.3, 0.4) is 0 Å². The summed E-state index contributed by atoms with van der Waals surface area (Å²) in [6, 6.07) is 6.00. The Labute approximate surface area is 155 Å². The SMILES string of the molecule is CCCNC(=O)CNC(=NC)N1CCN(c2cc(Cl)ccc2C)CC1. The molecular formula is C18H28ClN5O. The van der Waals surface area contributed by atoms with Crippen LogP contribution in [-0.4, -0.2) is 63.1 Å². The normalized spacial score (nSPS) is 15.3. The topological polar surface area (TPSA) is 60.0 Å². The zero-order valence-electron chi connectivity index (χ0n) is 15.3. The van der Waals surface area contributed by atoms with Crippen molar-refractivity contribution in [2.24, 2.45) is 4.99 Å². The smallest absolute Gasteiger partial charge is 0.239 e. The molecule has 1 amide bonds. The summed E-state index contributed by atoms with van der Waals surface area (Å²) in [6.07, 6.45) is 0.936. The third kappa shape index (κ3) is 5.53. The van der Waals surface area contributed by atoms with Gasteiger partial charge in [-0.2, -0.15) is 0 Å². The molecule has 0 spiro atoms. The number of carbonyl (C=O) groups is 1. The second kappa shape index (κ2) is 9.51. The van der Waals surface area contributed by atoms with Crippen LogP contribution in [0.15, 0.2) is 23.2 Å². The average molecular weight is 366 g/mol. The minimum Gasteiger partial charge on any atom is -0.368 e. The van der Waals surface area contributed by atoms with Crippen LogP contribution >= 0.6 is 11.6 Å². The molecule has 25 heavy (non-hydrogen) atoms. The fourth-order valence-electron chi connectivity index (χ4n) is 2.90. The lowest BCUT2D eigenvalue weighted by Crippen LogP contribution is -2.53. The van der Waals surface area contributed by atoms with Gasteiger partial charge in [0.25, 0.3) is 0 Å². The number of anilines is 1. The van der Waals surface area contributed by atoms with Crippen LogP contribution in [0.2, 0.25) is 5.02 Å². The van der Waals surface area contributed by atoms with Crippen molar-refractivity contribution in [3.05, 3.63) is 28.8 Å². The van der Waals surface area contributed by atoms with E-state index in [0.717, 1.165) is 43.6 Å². The van der Waals surface area contributed by atoms with E-state index in [4.69, 9.17) is 11.6 Å². The number of carbonyl (C=O) groups excluding carboxylic acids is 1. The van der Waals surface area contributed by atoms with E-state index in [1.165, 1.54) is 11.3 Å². The molecule has 6 nitrogen and oxygen atoms in total. The van der Waals surface area contributed by atoms with Gasteiger partial charge in [-0.1, -0.05) is 24.6 Å². The molecule has 7 heteroatoms. The molecule has 2 rings (SSSR count). The molecule has 1 aliphatic heterocycles. The molecule has 138 valence electrons. The first kappa shape index (κ1) is 19.4. The lowest BCUT2D eigenvalue weighted by atomic mass is 10.1. The van der Waals surface area contributed by atoms with Crippen molar-refractivity contribution in [3.8, 4) is 0 Å². The molecule has 1 aliphatic rings. The summed E-state index contributed by atoms with van der Waals surface area (Å²) < 4.78 is 0. The minimum atomic E-state index is -0.00353. The van der Waals surface area contributed by atoms with Crippen molar-refractivity contribution in [2.75, 3.05) is 51.2 Å². The van der Waals surface area contributed by atoms with Crippen LogP contribution in [0.5, 0.6) is 0 Å². The Kier molecular flexibility index (Phi) is 7.37. The summed E-state index contributed by atoms with van der Waals surface area (Å²) in [5.74, 6) is 0.769. The van der Waals surface area contributed by atoms with E-state index in [1.807, 2.05) is 19.1 Å². The Hall–Kier alpha value is -1.95. The van der Waals surface area contributed by atoms with Gasteiger partial charge < -0.3 is 20.4 Å². The van der Waals surface area contributed by atoms with E-state index >= 15 is 0 Å². The number of benzene rings is 1. The highest BCUT2D eigenvalue weighted by Crippen LogP contribution is 2.25. The van der Waals surface area contributed by atoms with E-state index in [9.17, 15) is 4.79 Å². The number of halogens is 1. The van der Waals surface area contributed by atoms with Gasteiger partial charge in [-0.05, 0) is 31.0 Å². The molecule has 0 aliphatic carbocycles. The Balaban J connectivity index is 1.87.